The topological polar surface area (TPSA) is 87.4 Å². The minimum atomic E-state index is -0.338. The molecule has 0 fully saturated rings. The van der Waals surface area contributed by atoms with Crippen molar-refractivity contribution in [3.63, 3.8) is 0 Å². The number of allylic oxidation sites excluding steroid dienone is 1. The number of para-hydroxylation sites is 2. The van der Waals surface area contributed by atoms with E-state index >= 15 is 0 Å². The lowest BCUT2D eigenvalue weighted by Crippen LogP contribution is -2.01. The number of pyridine rings is 1. The fraction of sp³-hybridized carbons (Fsp3) is 0. The predicted molar refractivity (Wildman–Crippen MR) is 123 cm³/mol. The Morgan fingerprint density at radius 1 is 1.03 bits per heavy atom. The number of nitrogens with one attached hydrogen (secondary N) is 1. The highest BCUT2D eigenvalue weighted by molar-refractivity contribution is 6.20. The van der Waals surface area contributed by atoms with Crippen molar-refractivity contribution in [1.29, 1.82) is 5.26 Å². The van der Waals surface area contributed by atoms with Gasteiger partial charge < -0.3 is 4.98 Å². The molecular weight excluding hydrogens is 398 g/mol. The number of carbonyl (C=O) groups excluding carboxylic acids is 1. The molecular formula is C26H17N5O. The molecule has 5 aromatic rings. The highest BCUT2D eigenvalue weighted by Gasteiger charge is 2.19. The Kier molecular flexibility index (Phi) is 4.91. The number of aromatic amines is 1. The zero-order valence-corrected chi connectivity index (χ0v) is 16.9. The fourth-order valence-corrected chi connectivity index (χ4v) is 3.64. The number of hydrogen-bond donors (Lipinski definition) is 1. The van der Waals surface area contributed by atoms with E-state index in [0.29, 0.717) is 16.8 Å². The van der Waals surface area contributed by atoms with Crippen molar-refractivity contribution in [2.45, 2.75) is 0 Å². The van der Waals surface area contributed by atoms with Crippen LogP contribution in [0.1, 0.15) is 15.9 Å². The van der Waals surface area contributed by atoms with Gasteiger partial charge in [-0.2, -0.15) is 10.4 Å². The van der Waals surface area contributed by atoms with Crippen LogP contribution in [0.25, 0.3) is 33.9 Å². The van der Waals surface area contributed by atoms with E-state index < -0.39 is 0 Å². The number of carbonyl (C=O) groups is 1. The maximum Gasteiger partial charge on any atom is 0.205 e. The second-order valence-electron chi connectivity index (χ2n) is 7.20. The molecule has 0 amide bonds. The van der Waals surface area contributed by atoms with E-state index in [0.717, 1.165) is 22.2 Å². The number of hydrogen-bond acceptors (Lipinski definition) is 4. The molecule has 6 nitrogen and oxygen atoms in total. The number of Topliss-reactive ketones (excluding diaryl/α,β-unsaturated/α-hetero) is 1. The molecule has 0 saturated carbocycles. The molecule has 5 rings (SSSR count). The van der Waals surface area contributed by atoms with Crippen LogP contribution in [0.3, 0.4) is 0 Å². The Morgan fingerprint density at radius 2 is 1.84 bits per heavy atom. The number of H-pyrrole nitrogens is 1. The molecule has 0 aliphatic heterocycles. The highest BCUT2D eigenvalue weighted by Crippen LogP contribution is 2.27. The molecule has 0 aliphatic carbocycles. The van der Waals surface area contributed by atoms with Crippen LogP contribution in [-0.4, -0.2) is 25.5 Å². The fourth-order valence-electron chi connectivity index (χ4n) is 3.64. The summed E-state index contributed by atoms with van der Waals surface area (Å²) in [5.41, 5.74) is 4.32. The number of fused-ring (bicyclic) bond motifs is 1. The third kappa shape index (κ3) is 3.48. The third-order valence-electron chi connectivity index (χ3n) is 5.20. The summed E-state index contributed by atoms with van der Waals surface area (Å²) in [5, 5.41) is 15.3. The van der Waals surface area contributed by atoms with Crippen LogP contribution in [0, 0.1) is 11.3 Å². The summed E-state index contributed by atoms with van der Waals surface area (Å²) >= 11 is 0. The van der Waals surface area contributed by atoms with Gasteiger partial charge in [0.25, 0.3) is 0 Å². The molecule has 152 valence electrons. The first-order valence-corrected chi connectivity index (χ1v) is 10.0. The summed E-state index contributed by atoms with van der Waals surface area (Å²) in [6, 6.07) is 23.0. The van der Waals surface area contributed by atoms with E-state index in [-0.39, 0.29) is 11.4 Å². The molecule has 0 bridgehead atoms. The monoisotopic (exact) mass is 415 g/mol. The first kappa shape index (κ1) is 19.2. The lowest BCUT2D eigenvalue weighted by atomic mass is 10.0. The smallest absolute Gasteiger partial charge is 0.205 e. The van der Waals surface area contributed by atoms with Gasteiger partial charge in [-0.05, 0) is 36.4 Å². The summed E-state index contributed by atoms with van der Waals surface area (Å²) in [4.78, 5) is 20.5. The minimum Gasteiger partial charge on any atom is -0.360 e. The Labute approximate surface area is 184 Å². The van der Waals surface area contributed by atoms with Gasteiger partial charge in [0.05, 0.1) is 5.69 Å². The number of nitriles is 1. The quantitative estimate of drug-likeness (QED) is 0.243. The number of nitrogens with zero attached hydrogens (tertiary/aromatic N) is 4. The largest absolute Gasteiger partial charge is 0.360 e. The molecule has 2 aromatic carbocycles. The average Bonchev–Trinajstić information content (AvgIpc) is 3.48. The van der Waals surface area contributed by atoms with Gasteiger partial charge in [0.2, 0.25) is 5.78 Å². The molecule has 0 atom stereocenters. The van der Waals surface area contributed by atoms with Gasteiger partial charge in [-0.1, -0.05) is 36.4 Å². The van der Waals surface area contributed by atoms with Crippen LogP contribution in [0.2, 0.25) is 0 Å². The van der Waals surface area contributed by atoms with Crippen molar-refractivity contribution in [1.82, 2.24) is 19.7 Å². The van der Waals surface area contributed by atoms with Crippen molar-refractivity contribution < 1.29 is 4.79 Å². The maximum atomic E-state index is 13.2. The number of aromatic nitrogens is 4. The van der Waals surface area contributed by atoms with Gasteiger partial charge >= 0.3 is 0 Å². The van der Waals surface area contributed by atoms with Crippen molar-refractivity contribution in [3.8, 4) is 23.0 Å². The van der Waals surface area contributed by atoms with E-state index in [2.05, 4.69) is 16.0 Å². The van der Waals surface area contributed by atoms with Crippen LogP contribution in [0.4, 0.5) is 0 Å². The predicted octanol–water partition coefficient (Wildman–Crippen LogP) is 5.21. The van der Waals surface area contributed by atoms with Crippen LogP contribution >= 0.6 is 0 Å². The maximum absolute atomic E-state index is 13.2. The van der Waals surface area contributed by atoms with Crippen molar-refractivity contribution in [2.24, 2.45) is 0 Å². The Morgan fingerprint density at radius 3 is 2.62 bits per heavy atom. The molecule has 0 saturated heterocycles. The molecule has 0 radical (unpaired) electrons. The normalized spacial score (nSPS) is 11.4. The van der Waals surface area contributed by atoms with E-state index in [4.69, 9.17) is 5.10 Å². The standard InChI is InChI=1S/C26H17N5O/c27-14-19(26(32)23-16-29-24-11-5-4-10-22(23)24)13-20-17-31(21-8-2-1-3-9-21)30-25(20)18-7-6-12-28-15-18/h1-13,15-17,29H/b19-13+. The Bertz CT molecular complexity index is 1490. The Balaban J connectivity index is 1.63. The molecule has 3 heterocycles. The molecule has 6 heteroatoms. The van der Waals surface area contributed by atoms with E-state index in [1.165, 1.54) is 0 Å². The van der Waals surface area contributed by atoms with Gasteiger partial charge in [0.15, 0.2) is 0 Å². The number of rotatable bonds is 5. The number of benzene rings is 2. The molecule has 0 spiro atoms. The summed E-state index contributed by atoms with van der Waals surface area (Å²) in [5.74, 6) is -0.338. The lowest BCUT2D eigenvalue weighted by Gasteiger charge is -2.00. The molecule has 32 heavy (non-hydrogen) atoms. The number of ketones is 1. The van der Waals surface area contributed by atoms with E-state index in [1.807, 2.05) is 72.9 Å². The van der Waals surface area contributed by atoms with E-state index in [1.54, 1.807) is 29.3 Å². The summed E-state index contributed by atoms with van der Waals surface area (Å²) in [6.07, 6.45) is 8.46. The van der Waals surface area contributed by atoms with E-state index in [9.17, 15) is 10.1 Å². The van der Waals surface area contributed by atoms with Crippen LogP contribution in [0.15, 0.2) is 97.1 Å². The average molecular weight is 415 g/mol. The van der Waals surface area contributed by atoms with Crippen molar-refractivity contribution >= 4 is 22.8 Å². The second kappa shape index (κ2) is 8.17. The van der Waals surface area contributed by atoms with Gasteiger partial charge in [-0.3, -0.25) is 9.78 Å². The van der Waals surface area contributed by atoms with Crippen LogP contribution in [-0.2, 0) is 0 Å². The minimum absolute atomic E-state index is 0.0347. The first-order chi connectivity index (χ1) is 15.7. The summed E-state index contributed by atoms with van der Waals surface area (Å²) < 4.78 is 1.74. The molecule has 0 aliphatic rings. The zero-order chi connectivity index (χ0) is 21.9. The van der Waals surface area contributed by atoms with Gasteiger partial charge in [0.1, 0.15) is 17.3 Å². The van der Waals surface area contributed by atoms with Crippen LogP contribution in [0.5, 0.6) is 0 Å². The van der Waals surface area contributed by atoms with Crippen molar-refractivity contribution in [3.05, 3.63) is 108 Å². The van der Waals surface area contributed by atoms with Crippen molar-refractivity contribution in [2.75, 3.05) is 0 Å². The summed E-state index contributed by atoms with van der Waals surface area (Å²) in [7, 11) is 0. The SMILES string of the molecule is N#C/C(=C\c1cn(-c2ccccc2)nc1-c1cccnc1)C(=O)c1c[nH]c2ccccc12. The van der Waals surface area contributed by atoms with Crippen LogP contribution < -0.4 is 0 Å². The molecule has 1 N–H and O–H groups in total. The third-order valence-corrected chi connectivity index (χ3v) is 5.20. The Hall–Kier alpha value is -4.76. The molecule has 0 unspecified atom stereocenters. The lowest BCUT2D eigenvalue weighted by molar-refractivity contribution is 0.104. The van der Waals surface area contributed by atoms with Gasteiger partial charge in [-0.15, -0.1) is 0 Å². The van der Waals surface area contributed by atoms with Gasteiger partial charge in [0, 0.05) is 52.4 Å². The molecule has 3 aromatic heterocycles. The first-order valence-electron chi connectivity index (χ1n) is 10.0. The zero-order valence-electron chi connectivity index (χ0n) is 16.9. The highest BCUT2D eigenvalue weighted by atomic mass is 16.1. The van der Waals surface area contributed by atoms with Gasteiger partial charge in [-0.25, -0.2) is 4.68 Å². The summed E-state index contributed by atoms with van der Waals surface area (Å²) in [6.45, 7) is 0. The second-order valence-corrected chi connectivity index (χ2v) is 7.20.